The first-order chi connectivity index (χ1) is 8.61. The molecule has 100 valence electrons. The second-order valence-electron chi connectivity index (χ2n) is 4.99. The molecule has 0 radical (unpaired) electrons. The minimum Gasteiger partial charge on any atom is -0.495 e. The third-order valence-electron chi connectivity index (χ3n) is 3.80. The SMILES string of the molecule is COc1cc(N2CCC(C(C)O)CC2)ccc1N. The smallest absolute Gasteiger partial charge is 0.143 e. The molecule has 0 aromatic heterocycles. The van der Waals surface area contributed by atoms with Gasteiger partial charge in [0.2, 0.25) is 0 Å². The van der Waals surface area contributed by atoms with E-state index in [2.05, 4.69) is 4.90 Å². The fraction of sp³-hybridized carbons (Fsp3) is 0.571. The van der Waals surface area contributed by atoms with Gasteiger partial charge in [-0.15, -0.1) is 0 Å². The van der Waals surface area contributed by atoms with E-state index in [9.17, 15) is 5.11 Å². The Morgan fingerprint density at radius 1 is 1.39 bits per heavy atom. The third kappa shape index (κ3) is 2.70. The van der Waals surface area contributed by atoms with Crippen LogP contribution in [-0.2, 0) is 0 Å². The highest BCUT2D eigenvalue weighted by atomic mass is 16.5. The number of anilines is 2. The van der Waals surface area contributed by atoms with Crippen molar-refractivity contribution in [2.75, 3.05) is 30.8 Å². The molecule has 1 aromatic carbocycles. The summed E-state index contributed by atoms with van der Waals surface area (Å²) in [5, 5.41) is 9.60. The standard InChI is InChI=1S/C14H22N2O2/c1-10(17)11-5-7-16(8-6-11)12-3-4-13(15)14(9-12)18-2/h3-4,9-11,17H,5-8,15H2,1-2H3. The predicted molar refractivity (Wildman–Crippen MR) is 74.0 cm³/mol. The van der Waals surface area contributed by atoms with Crippen molar-refractivity contribution in [1.82, 2.24) is 0 Å². The predicted octanol–water partition coefficient (Wildman–Crippen LogP) is 1.87. The molecule has 0 spiro atoms. The molecule has 0 aliphatic carbocycles. The average Bonchev–Trinajstić information content (AvgIpc) is 2.39. The molecule has 0 saturated carbocycles. The van der Waals surface area contributed by atoms with Gasteiger partial charge >= 0.3 is 0 Å². The monoisotopic (exact) mass is 250 g/mol. The van der Waals surface area contributed by atoms with Gasteiger partial charge in [0.05, 0.1) is 18.9 Å². The molecule has 4 nitrogen and oxygen atoms in total. The van der Waals surface area contributed by atoms with Crippen LogP contribution < -0.4 is 15.4 Å². The van der Waals surface area contributed by atoms with E-state index < -0.39 is 0 Å². The molecule has 1 fully saturated rings. The van der Waals surface area contributed by atoms with E-state index in [1.165, 1.54) is 0 Å². The number of aliphatic hydroxyl groups is 1. The van der Waals surface area contributed by atoms with Gasteiger partial charge in [0.1, 0.15) is 5.75 Å². The van der Waals surface area contributed by atoms with Crippen molar-refractivity contribution in [3.05, 3.63) is 18.2 Å². The van der Waals surface area contributed by atoms with Crippen molar-refractivity contribution in [3.63, 3.8) is 0 Å². The molecular formula is C14H22N2O2. The Labute approximate surface area is 108 Å². The summed E-state index contributed by atoms with van der Waals surface area (Å²) in [6, 6.07) is 5.90. The molecule has 0 amide bonds. The molecule has 2 rings (SSSR count). The maximum atomic E-state index is 9.60. The number of rotatable bonds is 3. The van der Waals surface area contributed by atoms with E-state index in [4.69, 9.17) is 10.5 Å². The summed E-state index contributed by atoms with van der Waals surface area (Å²) in [6.07, 6.45) is 1.86. The number of nitrogens with zero attached hydrogens (tertiary/aromatic N) is 1. The number of hydrogen-bond acceptors (Lipinski definition) is 4. The first-order valence-corrected chi connectivity index (χ1v) is 6.48. The van der Waals surface area contributed by atoms with Gasteiger partial charge in [-0.3, -0.25) is 0 Å². The highest BCUT2D eigenvalue weighted by Gasteiger charge is 2.23. The van der Waals surface area contributed by atoms with Crippen LogP contribution in [0.15, 0.2) is 18.2 Å². The van der Waals surface area contributed by atoms with Crippen LogP contribution in [-0.4, -0.2) is 31.4 Å². The molecular weight excluding hydrogens is 228 g/mol. The van der Waals surface area contributed by atoms with E-state index in [-0.39, 0.29) is 6.10 Å². The van der Waals surface area contributed by atoms with Gasteiger partial charge in [-0.25, -0.2) is 0 Å². The van der Waals surface area contributed by atoms with E-state index in [1.807, 2.05) is 25.1 Å². The Kier molecular flexibility index (Phi) is 3.97. The van der Waals surface area contributed by atoms with Crippen molar-refractivity contribution in [2.45, 2.75) is 25.9 Å². The maximum absolute atomic E-state index is 9.60. The molecule has 1 aliphatic rings. The van der Waals surface area contributed by atoms with Gasteiger partial charge in [-0.05, 0) is 37.8 Å². The number of methoxy groups -OCH3 is 1. The first kappa shape index (κ1) is 13.0. The maximum Gasteiger partial charge on any atom is 0.143 e. The van der Waals surface area contributed by atoms with E-state index >= 15 is 0 Å². The van der Waals surface area contributed by atoms with Crippen molar-refractivity contribution in [3.8, 4) is 5.75 Å². The molecule has 18 heavy (non-hydrogen) atoms. The topological polar surface area (TPSA) is 58.7 Å². The van der Waals surface area contributed by atoms with Gasteiger partial charge in [-0.1, -0.05) is 0 Å². The number of aliphatic hydroxyl groups excluding tert-OH is 1. The van der Waals surface area contributed by atoms with Crippen molar-refractivity contribution < 1.29 is 9.84 Å². The Balaban J connectivity index is 2.05. The number of nitrogen functional groups attached to an aromatic ring is 1. The van der Waals surface area contributed by atoms with Gasteiger partial charge < -0.3 is 20.5 Å². The lowest BCUT2D eigenvalue weighted by atomic mass is 9.92. The summed E-state index contributed by atoms with van der Waals surface area (Å²) >= 11 is 0. The molecule has 1 aliphatic heterocycles. The van der Waals surface area contributed by atoms with Crippen molar-refractivity contribution in [2.24, 2.45) is 5.92 Å². The van der Waals surface area contributed by atoms with E-state index in [0.29, 0.717) is 11.6 Å². The zero-order valence-electron chi connectivity index (χ0n) is 11.1. The van der Waals surface area contributed by atoms with Crippen molar-refractivity contribution >= 4 is 11.4 Å². The summed E-state index contributed by atoms with van der Waals surface area (Å²) in [5.74, 6) is 1.15. The summed E-state index contributed by atoms with van der Waals surface area (Å²) in [6.45, 7) is 3.83. The Hall–Kier alpha value is -1.42. The summed E-state index contributed by atoms with van der Waals surface area (Å²) in [7, 11) is 1.63. The van der Waals surface area contributed by atoms with Crippen LogP contribution in [0.1, 0.15) is 19.8 Å². The number of nitrogens with two attached hydrogens (primary N) is 1. The number of piperidine rings is 1. The molecule has 0 bridgehead atoms. The number of benzene rings is 1. The zero-order chi connectivity index (χ0) is 13.1. The van der Waals surface area contributed by atoms with Gasteiger partial charge in [0.15, 0.2) is 0 Å². The summed E-state index contributed by atoms with van der Waals surface area (Å²) in [5.41, 5.74) is 7.63. The molecule has 1 aromatic rings. The molecule has 1 saturated heterocycles. The fourth-order valence-electron chi connectivity index (χ4n) is 2.54. The molecule has 1 atom stereocenters. The minimum absolute atomic E-state index is 0.201. The molecule has 1 unspecified atom stereocenters. The highest BCUT2D eigenvalue weighted by Crippen LogP contribution is 2.30. The average molecular weight is 250 g/mol. The normalized spacial score (nSPS) is 18.7. The number of ether oxygens (including phenoxy) is 1. The van der Waals surface area contributed by atoms with Gasteiger partial charge in [-0.2, -0.15) is 0 Å². The van der Waals surface area contributed by atoms with Gasteiger partial charge in [0.25, 0.3) is 0 Å². The largest absolute Gasteiger partial charge is 0.495 e. The van der Waals surface area contributed by atoms with Crippen molar-refractivity contribution in [1.29, 1.82) is 0 Å². The summed E-state index contributed by atoms with van der Waals surface area (Å²) < 4.78 is 5.24. The second-order valence-corrected chi connectivity index (χ2v) is 4.99. The molecule has 3 N–H and O–H groups in total. The second kappa shape index (κ2) is 5.48. The highest BCUT2D eigenvalue weighted by molar-refractivity contribution is 5.62. The van der Waals surface area contributed by atoms with Crippen LogP contribution in [0.4, 0.5) is 11.4 Å². The first-order valence-electron chi connectivity index (χ1n) is 6.48. The lowest BCUT2D eigenvalue weighted by Crippen LogP contribution is -2.37. The van der Waals surface area contributed by atoms with Crippen LogP contribution in [0.5, 0.6) is 5.75 Å². The Morgan fingerprint density at radius 2 is 2.06 bits per heavy atom. The van der Waals surface area contributed by atoms with Crippen LogP contribution in [0.3, 0.4) is 0 Å². The van der Waals surface area contributed by atoms with Gasteiger partial charge in [0, 0.05) is 24.8 Å². The van der Waals surface area contributed by atoms with Crippen LogP contribution in [0.2, 0.25) is 0 Å². The summed E-state index contributed by atoms with van der Waals surface area (Å²) in [4.78, 5) is 2.32. The van der Waals surface area contributed by atoms with Crippen LogP contribution in [0.25, 0.3) is 0 Å². The number of hydrogen-bond donors (Lipinski definition) is 2. The van der Waals surface area contributed by atoms with Crippen LogP contribution in [0, 0.1) is 5.92 Å². The lowest BCUT2D eigenvalue weighted by molar-refractivity contribution is 0.110. The zero-order valence-corrected chi connectivity index (χ0v) is 11.1. The third-order valence-corrected chi connectivity index (χ3v) is 3.80. The fourth-order valence-corrected chi connectivity index (χ4v) is 2.54. The Morgan fingerprint density at radius 3 is 2.61 bits per heavy atom. The van der Waals surface area contributed by atoms with E-state index in [1.54, 1.807) is 7.11 Å². The Bertz CT molecular complexity index is 399. The lowest BCUT2D eigenvalue weighted by Gasteiger charge is -2.35. The quantitative estimate of drug-likeness (QED) is 0.804. The van der Waals surface area contributed by atoms with Crippen LogP contribution >= 0.6 is 0 Å². The molecule has 4 heteroatoms. The minimum atomic E-state index is -0.201. The molecule has 1 heterocycles. The van der Waals surface area contributed by atoms with E-state index in [0.717, 1.165) is 37.4 Å².